The van der Waals surface area contributed by atoms with Crippen LogP contribution in [0.25, 0.3) is 6.08 Å². The average Bonchev–Trinajstić information content (AvgIpc) is 2.83. The van der Waals surface area contributed by atoms with Crippen molar-refractivity contribution in [2.24, 2.45) is 4.99 Å². The van der Waals surface area contributed by atoms with E-state index in [9.17, 15) is 9.18 Å². The van der Waals surface area contributed by atoms with Crippen LogP contribution in [0.4, 0.5) is 4.39 Å². The maximum atomic E-state index is 13.7. The minimum absolute atomic E-state index is 0.00191. The fourth-order valence-corrected chi connectivity index (χ4v) is 2.06. The van der Waals surface area contributed by atoms with Crippen molar-refractivity contribution >= 4 is 17.9 Å². The van der Waals surface area contributed by atoms with E-state index in [0.717, 1.165) is 11.1 Å². The zero-order valence-electron chi connectivity index (χ0n) is 11.3. The molecule has 0 fully saturated rings. The predicted molar refractivity (Wildman–Crippen MR) is 78.2 cm³/mol. The zero-order valence-corrected chi connectivity index (χ0v) is 11.3. The lowest BCUT2D eigenvalue weighted by molar-refractivity contribution is -0.129. The van der Waals surface area contributed by atoms with Crippen LogP contribution >= 0.6 is 0 Å². The van der Waals surface area contributed by atoms with E-state index in [1.54, 1.807) is 18.2 Å². The van der Waals surface area contributed by atoms with Crippen molar-refractivity contribution < 1.29 is 13.9 Å². The Kier molecular flexibility index (Phi) is 3.36. The average molecular weight is 281 g/mol. The lowest BCUT2D eigenvalue weighted by atomic mass is 10.1. The Morgan fingerprint density at radius 1 is 1.10 bits per heavy atom. The molecule has 104 valence electrons. The van der Waals surface area contributed by atoms with Crippen LogP contribution in [0.15, 0.2) is 59.2 Å². The zero-order chi connectivity index (χ0) is 14.8. The number of carbonyl (C=O) groups is 1. The molecule has 0 saturated heterocycles. The van der Waals surface area contributed by atoms with E-state index >= 15 is 0 Å². The number of esters is 1. The Balaban J connectivity index is 2.00. The van der Waals surface area contributed by atoms with Gasteiger partial charge in [-0.15, -0.1) is 0 Å². The molecular formula is C17H12FNO2. The summed E-state index contributed by atoms with van der Waals surface area (Å²) in [5.74, 6) is -1.05. The van der Waals surface area contributed by atoms with E-state index in [4.69, 9.17) is 4.74 Å². The molecule has 0 atom stereocenters. The quantitative estimate of drug-likeness (QED) is 0.624. The van der Waals surface area contributed by atoms with Crippen molar-refractivity contribution in [3.05, 3.63) is 76.7 Å². The molecule has 1 aliphatic heterocycles. The lowest BCUT2D eigenvalue weighted by Gasteiger charge is -1.99. The van der Waals surface area contributed by atoms with Crippen LogP contribution in [0, 0.1) is 12.7 Å². The molecule has 2 aromatic rings. The fourth-order valence-electron chi connectivity index (χ4n) is 2.06. The number of nitrogens with zero attached hydrogens (tertiary/aromatic N) is 1. The van der Waals surface area contributed by atoms with Gasteiger partial charge in [0.15, 0.2) is 5.70 Å². The fraction of sp³-hybridized carbons (Fsp3) is 0.0588. The highest BCUT2D eigenvalue weighted by molar-refractivity contribution is 6.13. The summed E-state index contributed by atoms with van der Waals surface area (Å²) >= 11 is 0. The highest BCUT2D eigenvalue weighted by atomic mass is 19.1. The summed E-state index contributed by atoms with van der Waals surface area (Å²) < 4.78 is 18.8. The number of rotatable bonds is 2. The predicted octanol–water partition coefficient (Wildman–Crippen LogP) is 3.48. The smallest absolute Gasteiger partial charge is 0.363 e. The van der Waals surface area contributed by atoms with Gasteiger partial charge in [-0.05, 0) is 36.3 Å². The molecule has 1 heterocycles. The first-order valence-electron chi connectivity index (χ1n) is 6.48. The molecule has 0 saturated carbocycles. The summed E-state index contributed by atoms with van der Waals surface area (Å²) in [7, 11) is 0. The summed E-state index contributed by atoms with van der Waals surface area (Å²) in [6.07, 6.45) is 1.64. The first kappa shape index (κ1) is 13.2. The van der Waals surface area contributed by atoms with Crippen LogP contribution in [-0.4, -0.2) is 11.9 Å². The third-order valence-electron chi connectivity index (χ3n) is 3.21. The molecule has 1 aliphatic rings. The maximum absolute atomic E-state index is 13.7. The molecule has 3 rings (SSSR count). The molecule has 0 unspecified atom stereocenters. The number of carbonyl (C=O) groups excluding carboxylic acids is 1. The molecule has 0 N–H and O–H groups in total. The summed E-state index contributed by atoms with van der Waals surface area (Å²) in [5.41, 5.74) is 2.25. The topological polar surface area (TPSA) is 38.7 Å². The van der Waals surface area contributed by atoms with Crippen molar-refractivity contribution in [1.82, 2.24) is 0 Å². The third kappa shape index (κ3) is 2.60. The first-order chi connectivity index (χ1) is 10.1. The van der Waals surface area contributed by atoms with Crippen LogP contribution in [0.3, 0.4) is 0 Å². The Hall–Kier alpha value is -2.75. The Morgan fingerprint density at radius 3 is 2.57 bits per heavy atom. The molecule has 0 aliphatic carbocycles. The van der Waals surface area contributed by atoms with Gasteiger partial charge >= 0.3 is 5.97 Å². The largest absolute Gasteiger partial charge is 0.402 e. The van der Waals surface area contributed by atoms with Gasteiger partial charge in [0, 0.05) is 0 Å². The van der Waals surface area contributed by atoms with Crippen LogP contribution < -0.4 is 0 Å². The number of benzene rings is 2. The molecule has 0 amide bonds. The molecule has 0 radical (unpaired) electrons. The molecular weight excluding hydrogens is 269 g/mol. The molecule has 4 heteroatoms. The number of cyclic esters (lactones) is 1. The standard InChI is InChI=1S/C17H12FNO2/c1-11-6-2-3-7-12(11)10-15-17(20)21-16(19-15)13-8-4-5-9-14(13)18/h2-10H,1H3/b15-10+. The van der Waals surface area contributed by atoms with Crippen molar-refractivity contribution in [2.45, 2.75) is 6.92 Å². The highest BCUT2D eigenvalue weighted by Gasteiger charge is 2.25. The van der Waals surface area contributed by atoms with Gasteiger partial charge in [-0.3, -0.25) is 0 Å². The summed E-state index contributed by atoms with van der Waals surface area (Å²) in [6, 6.07) is 13.7. The summed E-state index contributed by atoms with van der Waals surface area (Å²) in [6.45, 7) is 1.94. The van der Waals surface area contributed by atoms with Crippen molar-refractivity contribution in [3.63, 3.8) is 0 Å². The van der Waals surface area contributed by atoms with E-state index in [2.05, 4.69) is 4.99 Å². The number of ether oxygens (including phenoxy) is 1. The van der Waals surface area contributed by atoms with E-state index in [0.29, 0.717) is 0 Å². The van der Waals surface area contributed by atoms with Crippen molar-refractivity contribution in [1.29, 1.82) is 0 Å². The third-order valence-corrected chi connectivity index (χ3v) is 3.21. The number of halogens is 1. The normalized spacial score (nSPS) is 16.0. The molecule has 0 spiro atoms. The van der Waals surface area contributed by atoms with Gasteiger partial charge in [0.05, 0.1) is 5.56 Å². The Labute approximate surface area is 121 Å². The van der Waals surface area contributed by atoms with Crippen LogP contribution in [0.5, 0.6) is 0 Å². The molecule has 2 aromatic carbocycles. The summed E-state index contributed by atoms with van der Waals surface area (Å²) in [4.78, 5) is 16.0. The highest BCUT2D eigenvalue weighted by Crippen LogP contribution is 2.21. The molecule has 0 bridgehead atoms. The van der Waals surface area contributed by atoms with Gasteiger partial charge in [0.25, 0.3) is 0 Å². The second-order valence-electron chi connectivity index (χ2n) is 4.67. The van der Waals surface area contributed by atoms with Crippen LogP contribution in [0.1, 0.15) is 16.7 Å². The number of aryl methyl sites for hydroxylation is 1. The van der Waals surface area contributed by atoms with Gasteiger partial charge in [-0.2, -0.15) is 0 Å². The van der Waals surface area contributed by atoms with Gasteiger partial charge < -0.3 is 4.74 Å². The van der Waals surface area contributed by atoms with Gasteiger partial charge in [-0.25, -0.2) is 14.2 Å². The molecule has 0 aromatic heterocycles. The number of hydrogen-bond acceptors (Lipinski definition) is 3. The van der Waals surface area contributed by atoms with Gasteiger partial charge in [0.2, 0.25) is 5.90 Å². The second kappa shape index (κ2) is 5.32. The van der Waals surface area contributed by atoms with Gasteiger partial charge in [-0.1, -0.05) is 36.4 Å². The maximum Gasteiger partial charge on any atom is 0.363 e. The van der Waals surface area contributed by atoms with Crippen molar-refractivity contribution in [3.8, 4) is 0 Å². The monoisotopic (exact) mass is 281 g/mol. The number of hydrogen-bond donors (Lipinski definition) is 0. The van der Waals surface area contributed by atoms with Crippen LogP contribution in [-0.2, 0) is 9.53 Å². The van der Waals surface area contributed by atoms with Gasteiger partial charge in [0.1, 0.15) is 5.82 Å². The Morgan fingerprint density at radius 2 is 1.81 bits per heavy atom. The number of aliphatic imine (C=N–C) groups is 1. The van der Waals surface area contributed by atoms with E-state index in [1.165, 1.54) is 12.1 Å². The SMILES string of the molecule is Cc1ccccc1/C=C1/N=C(c2ccccc2F)OC1=O. The second-order valence-corrected chi connectivity index (χ2v) is 4.67. The first-order valence-corrected chi connectivity index (χ1v) is 6.48. The van der Waals surface area contributed by atoms with Crippen LogP contribution in [0.2, 0.25) is 0 Å². The minimum atomic E-state index is -0.573. The van der Waals surface area contributed by atoms with E-state index in [1.807, 2.05) is 31.2 Å². The van der Waals surface area contributed by atoms with E-state index < -0.39 is 11.8 Å². The Bertz CT molecular complexity index is 778. The molecule has 3 nitrogen and oxygen atoms in total. The minimum Gasteiger partial charge on any atom is -0.402 e. The lowest BCUT2D eigenvalue weighted by Crippen LogP contribution is -2.07. The van der Waals surface area contributed by atoms with Crippen molar-refractivity contribution in [2.75, 3.05) is 0 Å². The summed E-state index contributed by atoms with van der Waals surface area (Å²) in [5, 5.41) is 0. The molecule has 21 heavy (non-hydrogen) atoms. The van der Waals surface area contributed by atoms with E-state index in [-0.39, 0.29) is 17.2 Å².